The Labute approximate surface area is 275 Å². The minimum absolute atomic E-state index is 0. The Morgan fingerprint density at radius 3 is 0.735 bits per heavy atom. The van der Waals surface area contributed by atoms with Crippen molar-refractivity contribution in [2.75, 3.05) is 0 Å². The second kappa shape index (κ2) is 10.6. The van der Waals surface area contributed by atoms with E-state index in [4.69, 9.17) is 0 Å². The molecule has 5 heterocycles. The van der Waals surface area contributed by atoms with Gasteiger partial charge < -0.3 is 29.9 Å². The van der Waals surface area contributed by atoms with Gasteiger partial charge in [0, 0.05) is 44.1 Å². The van der Waals surface area contributed by atoms with Crippen molar-refractivity contribution in [3.8, 4) is 45.6 Å². The van der Waals surface area contributed by atoms with Gasteiger partial charge in [-0.15, -0.1) is 0 Å². The molecule has 0 N–H and O–H groups in total. The van der Waals surface area contributed by atoms with Gasteiger partial charge >= 0.3 is 16.5 Å². The molecule has 8 bridgehead atoms. The van der Waals surface area contributed by atoms with Gasteiger partial charge in [-0.3, -0.25) is 0 Å². The van der Waals surface area contributed by atoms with Gasteiger partial charge in [-0.2, -0.15) is 0 Å². The third-order valence-corrected chi connectivity index (χ3v) is 7.90. The van der Waals surface area contributed by atoms with Crippen molar-refractivity contribution in [1.29, 1.82) is 0 Å². The smallest absolute Gasteiger partial charge is 0.357 e. The predicted molar refractivity (Wildman–Crippen MR) is 154 cm³/mol. The SMILES string of the molecule is Fc1ccc(F)c2c1-c1nc-2nc2[n-]c(nc3nc(nc4[n-]c(n1)c1c(F)ccc(F)c41)-c1c(F)ccc(F)c1-3)c1c(F)ccc(F)c21.[Ni+2]. The van der Waals surface area contributed by atoms with Crippen LogP contribution in [0, 0.1) is 46.5 Å². The summed E-state index contributed by atoms with van der Waals surface area (Å²) < 4.78 is 122. The molecule has 2 aliphatic rings. The average Bonchev–Trinajstić information content (AvgIpc) is 3.80. The predicted octanol–water partition coefficient (Wildman–Crippen LogP) is 7.24. The van der Waals surface area contributed by atoms with Crippen LogP contribution in [0.4, 0.5) is 35.1 Å². The Bertz CT molecular complexity index is 2430. The Kier molecular flexibility index (Phi) is 6.59. The van der Waals surface area contributed by atoms with Gasteiger partial charge in [0.2, 0.25) is 0 Å². The molecular formula is C32H8F8N8Ni. The van der Waals surface area contributed by atoms with Gasteiger partial charge in [0.1, 0.15) is 46.5 Å². The third-order valence-electron chi connectivity index (χ3n) is 7.90. The molecule has 0 amide bonds. The van der Waals surface area contributed by atoms with E-state index >= 15 is 35.1 Å². The number of halogens is 8. The van der Waals surface area contributed by atoms with Crippen molar-refractivity contribution in [3.63, 3.8) is 0 Å². The topological polar surface area (TPSA) is 106 Å². The molecule has 0 saturated heterocycles. The van der Waals surface area contributed by atoms with E-state index in [0.29, 0.717) is 0 Å². The Hall–Kier alpha value is -5.83. The molecule has 0 aliphatic carbocycles. The van der Waals surface area contributed by atoms with Gasteiger partial charge in [-0.1, -0.05) is 0 Å². The minimum atomic E-state index is -1.05. The first-order valence-electron chi connectivity index (χ1n) is 13.7. The molecular weight excluding hydrogens is 707 g/mol. The summed E-state index contributed by atoms with van der Waals surface area (Å²) in [4.78, 5) is 33.0. The number of rotatable bonds is 0. The van der Waals surface area contributed by atoms with Crippen LogP contribution in [0.2, 0.25) is 0 Å². The summed E-state index contributed by atoms with van der Waals surface area (Å²) in [5.74, 6) is -10.8. The second-order valence-electron chi connectivity index (χ2n) is 10.6. The Morgan fingerprint density at radius 2 is 0.510 bits per heavy atom. The number of nitrogens with zero attached hydrogens (tertiary/aromatic N) is 8. The van der Waals surface area contributed by atoms with Gasteiger partial charge in [-0.25, -0.2) is 45.1 Å². The van der Waals surface area contributed by atoms with E-state index in [9.17, 15) is 0 Å². The van der Waals surface area contributed by atoms with E-state index in [1.54, 1.807) is 0 Å². The Morgan fingerprint density at radius 1 is 0.306 bits per heavy atom. The molecule has 242 valence electrons. The molecule has 0 atom stereocenters. The summed E-state index contributed by atoms with van der Waals surface area (Å²) in [6.07, 6.45) is 0. The zero-order valence-corrected chi connectivity index (χ0v) is 24.5. The van der Waals surface area contributed by atoms with Crippen LogP contribution in [0.3, 0.4) is 0 Å². The molecule has 0 radical (unpaired) electrons. The number of aromatic nitrogens is 8. The van der Waals surface area contributed by atoms with Crippen LogP contribution in [0.5, 0.6) is 0 Å². The molecule has 3 aromatic heterocycles. The maximum absolute atomic E-state index is 15.3. The van der Waals surface area contributed by atoms with Crippen molar-refractivity contribution in [3.05, 3.63) is 95.1 Å². The number of hydrogen-bond acceptors (Lipinski definition) is 6. The van der Waals surface area contributed by atoms with Crippen molar-refractivity contribution >= 4 is 44.1 Å². The third kappa shape index (κ3) is 4.28. The quantitative estimate of drug-likeness (QED) is 0.120. The number of benzene rings is 4. The van der Waals surface area contributed by atoms with Crippen LogP contribution in [0.15, 0.2) is 48.5 Å². The summed E-state index contributed by atoms with van der Waals surface area (Å²) in [6, 6.07) is 6.12. The normalized spacial score (nSPS) is 11.9. The summed E-state index contributed by atoms with van der Waals surface area (Å²) in [6.45, 7) is 0. The monoisotopic (exact) mass is 714 g/mol. The van der Waals surface area contributed by atoms with Crippen LogP contribution >= 0.6 is 0 Å². The molecule has 0 unspecified atom stereocenters. The van der Waals surface area contributed by atoms with E-state index < -0.39 is 136 Å². The number of hydrogen-bond donors (Lipinski definition) is 0. The first-order valence-corrected chi connectivity index (χ1v) is 13.7. The van der Waals surface area contributed by atoms with E-state index in [2.05, 4.69) is 39.9 Å². The van der Waals surface area contributed by atoms with Crippen LogP contribution in [-0.2, 0) is 16.5 Å². The van der Waals surface area contributed by atoms with Crippen molar-refractivity contribution in [2.45, 2.75) is 0 Å². The molecule has 0 fully saturated rings. The van der Waals surface area contributed by atoms with Crippen LogP contribution in [-0.4, -0.2) is 29.9 Å². The Balaban J connectivity index is 0.00000348. The molecule has 8 nitrogen and oxygen atoms in total. The fourth-order valence-electron chi connectivity index (χ4n) is 5.85. The van der Waals surface area contributed by atoms with E-state index in [1.165, 1.54) is 0 Å². The molecule has 17 heteroatoms. The first kappa shape index (κ1) is 30.5. The summed E-state index contributed by atoms with van der Waals surface area (Å²) >= 11 is 0. The zero-order chi connectivity index (χ0) is 33.2. The molecule has 0 spiro atoms. The average molecular weight is 715 g/mol. The molecule has 9 rings (SSSR count). The van der Waals surface area contributed by atoms with Gasteiger partial charge in [-0.05, 0) is 48.5 Å². The standard InChI is InChI=1S/C32H8F8N8.Ni/c33-9-1-2-10(34)18-17(9)25-41-26(18)46-28-21-13(37)5-6-14(38)22(21)30(43-28)48-32-24-16(40)8-7-15(39)23(24)31(44-32)47-29-20-12(36)4-3-11(35)19(20)27(42-29)45-25;/h1-8H;/q-2;+2. The maximum Gasteiger partial charge on any atom is 2.00 e. The van der Waals surface area contributed by atoms with Crippen molar-refractivity contribution in [2.24, 2.45) is 0 Å². The molecule has 0 saturated carbocycles. The zero-order valence-electron chi connectivity index (χ0n) is 23.5. The second-order valence-corrected chi connectivity index (χ2v) is 10.6. The fraction of sp³-hybridized carbons (Fsp3) is 0. The fourth-order valence-corrected chi connectivity index (χ4v) is 5.85. The summed E-state index contributed by atoms with van der Waals surface area (Å²) in [5, 5.41) is -2.21. The molecule has 7 aromatic rings. The summed E-state index contributed by atoms with van der Waals surface area (Å²) in [5.41, 5.74) is -4.59. The molecule has 2 aliphatic heterocycles. The first-order chi connectivity index (χ1) is 23.1. The largest absolute Gasteiger partial charge is 2.00 e. The van der Waals surface area contributed by atoms with Crippen LogP contribution < -0.4 is 9.97 Å². The molecule has 49 heavy (non-hydrogen) atoms. The minimum Gasteiger partial charge on any atom is -0.357 e. The van der Waals surface area contributed by atoms with Gasteiger partial charge in [0.05, 0.1) is 45.6 Å². The molecule has 4 aromatic carbocycles. The summed E-state index contributed by atoms with van der Waals surface area (Å²) in [7, 11) is 0. The van der Waals surface area contributed by atoms with E-state index in [1.807, 2.05) is 0 Å². The van der Waals surface area contributed by atoms with Gasteiger partial charge in [0.15, 0.2) is 0 Å². The van der Waals surface area contributed by atoms with Crippen LogP contribution in [0.25, 0.3) is 89.7 Å². The van der Waals surface area contributed by atoms with Crippen LogP contribution in [0.1, 0.15) is 0 Å². The maximum atomic E-state index is 15.3. The number of fused-ring (bicyclic) bond motifs is 20. The van der Waals surface area contributed by atoms with Crippen molar-refractivity contribution in [1.82, 2.24) is 39.9 Å². The van der Waals surface area contributed by atoms with E-state index in [0.717, 1.165) is 48.5 Å². The van der Waals surface area contributed by atoms with Gasteiger partial charge in [0.25, 0.3) is 0 Å². The van der Waals surface area contributed by atoms with E-state index in [-0.39, 0.29) is 16.5 Å². The van der Waals surface area contributed by atoms with Crippen molar-refractivity contribution < 1.29 is 51.6 Å².